The molecule has 1 heterocycles. The monoisotopic (exact) mass is 457 g/mol. The first kappa shape index (κ1) is 22.3. The molecule has 0 fully saturated rings. The summed E-state index contributed by atoms with van der Waals surface area (Å²) in [6.07, 6.45) is 8.37. The van der Waals surface area contributed by atoms with E-state index in [0.29, 0.717) is 26.5 Å². The minimum Gasteiger partial charge on any atom is -0.493 e. The van der Waals surface area contributed by atoms with Gasteiger partial charge < -0.3 is 14.0 Å². The highest BCUT2D eigenvalue weighted by molar-refractivity contribution is 7.89. The van der Waals surface area contributed by atoms with E-state index in [4.69, 9.17) is 21.0 Å². The first-order chi connectivity index (χ1) is 14.8. The summed E-state index contributed by atoms with van der Waals surface area (Å²) in [6, 6.07) is 9.65. The van der Waals surface area contributed by atoms with Gasteiger partial charge in [0.25, 0.3) is 5.91 Å². The molecule has 1 aromatic heterocycles. The average Bonchev–Trinajstić information content (AvgIpc) is 3.07. The third kappa shape index (κ3) is 5.03. The van der Waals surface area contributed by atoms with Gasteiger partial charge in [-0.25, -0.2) is 13.6 Å². The van der Waals surface area contributed by atoms with Gasteiger partial charge in [-0.15, -0.1) is 6.42 Å². The Bertz CT molecular complexity index is 1390. The van der Waals surface area contributed by atoms with Gasteiger partial charge in [-0.3, -0.25) is 4.79 Å². The highest BCUT2D eigenvalue weighted by Crippen LogP contribution is 2.28. The average molecular weight is 458 g/mol. The van der Waals surface area contributed by atoms with Gasteiger partial charge in [0.1, 0.15) is 0 Å². The SMILES string of the molecule is C#CCn1c(=NC(=O)/C=C\c2ccc(OC)c(OC)c2)sc2cc(S(N)(=O)=O)ccc21. The van der Waals surface area contributed by atoms with Crippen molar-refractivity contribution in [1.82, 2.24) is 4.57 Å². The van der Waals surface area contributed by atoms with Crippen LogP contribution in [0.3, 0.4) is 0 Å². The van der Waals surface area contributed by atoms with Gasteiger partial charge in [-0.2, -0.15) is 4.99 Å². The van der Waals surface area contributed by atoms with Crippen LogP contribution in [0.1, 0.15) is 5.56 Å². The molecule has 1 amide bonds. The normalized spacial score (nSPS) is 12.3. The van der Waals surface area contributed by atoms with Crippen molar-refractivity contribution < 1.29 is 22.7 Å². The quantitative estimate of drug-likeness (QED) is 0.450. The van der Waals surface area contributed by atoms with Crippen LogP contribution >= 0.6 is 11.3 Å². The van der Waals surface area contributed by atoms with Crippen molar-refractivity contribution in [2.45, 2.75) is 11.4 Å². The second kappa shape index (κ2) is 9.18. The summed E-state index contributed by atoms with van der Waals surface area (Å²) in [6.45, 7) is 0.167. The summed E-state index contributed by atoms with van der Waals surface area (Å²) in [5.74, 6) is 3.13. The van der Waals surface area contributed by atoms with Crippen LogP contribution in [0.5, 0.6) is 11.5 Å². The number of terminal acetylenes is 1. The van der Waals surface area contributed by atoms with Crippen molar-refractivity contribution >= 4 is 43.6 Å². The Balaban J connectivity index is 1.99. The summed E-state index contributed by atoms with van der Waals surface area (Å²) in [5.41, 5.74) is 1.39. The summed E-state index contributed by atoms with van der Waals surface area (Å²) in [5, 5.41) is 5.20. The van der Waals surface area contributed by atoms with E-state index in [2.05, 4.69) is 10.9 Å². The van der Waals surface area contributed by atoms with Crippen LogP contribution < -0.4 is 19.4 Å². The van der Waals surface area contributed by atoms with E-state index < -0.39 is 15.9 Å². The molecule has 0 bridgehead atoms. The maximum absolute atomic E-state index is 12.4. The summed E-state index contributed by atoms with van der Waals surface area (Å²) in [7, 11) is -0.788. The number of hydrogen-bond acceptors (Lipinski definition) is 6. The summed E-state index contributed by atoms with van der Waals surface area (Å²) in [4.78, 5) is 16.9. The lowest BCUT2D eigenvalue weighted by Crippen LogP contribution is -2.16. The predicted octanol–water partition coefficient (Wildman–Crippen LogP) is 2.14. The van der Waals surface area contributed by atoms with Crippen molar-refractivity contribution in [3.63, 3.8) is 0 Å². The molecule has 0 aliphatic heterocycles. The van der Waals surface area contributed by atoms with Crippen molar-refractivity contribution in [2.75, 3.05) is 14.2 Å². The number of methoxy groups -OCH3 is 2. The molecule has 0 unspecified atom stereocenters. The maximum atomic E-state index is 12.4. The molecule has 0 aliphatic carbocycles. The number of benzene rings is 2. The molecule has 3 rings (SSSR count). The zero-order valence-corrected chi connectivity index (χ0v) is 18.4. The molecule has 8 nitrogen and oxygen atoms in total. The number of rotatable bonds is 6. The Morgan fingerprint density at radius 1 is 1.23 bits per heavy atom. The second-order valence-electron chi connectivity index (χ2n) is 6.25. The number of nitrogens with zero attached hydrogens (tertiary/aromatic N) is 2. The van der Waals surface area contributed by atoms with Gasteiger partial charge in [0, 0.05) is 6.08 Å². The van der Waals surface area contributed by atoms with E-state index in [1.807, 2.05) is 0 Å². The molecule has 2 N–H and O–H groups in total. The number of carbonyl (C=O) groups is 1. The molecular formula is C21H19N3O5S2. The molecular weight excluding hydrogens is 438 g/mol. The van der Waals surface area contributed by atoms with Crippen LogP contribution in [0.25, 0.3) is 16.3 Å². The first-order valence-electron chi connectivity index (χ1n) is 8.85. The molecule has 10 heteroatoms. The number of aromatic nitrogens is 1. The van der Waals surface area contributed by atoms with Crippen molar-refractivity contribution in [3.8, 4) is 23.8 Å². The number of hydrogen-bond donors (Lipinski definition) is 1. The van der Waals surface area contributed by atoms with Crippen LogP contribution in [0, 0.1) is 12.3 Å². The van der Waals surface area contributed by atoms with Crippen molar-refractivity contribution in [1.29, 1.82) is 0 Å². The van der Waals surface area contributed by atoms with Gasteiger partial charge in [0.2, 0.25) is 10.0 Å². The number of sulfonamides is 1. The lowest BCUT2D eigenvalue weighted by atomic mass is 10.2. The maximum Gasteiger partial charge on any atom is 0.272 e. The molecule has 0 aliphatic rings. The van der Waals surface area contributed by atoms with Crippen LogP contribution in [-0.4, -0.2) is 33.1 Å². The number of thiazole rings is 1. The Morgan fingerprint density at radius 3 is 2.61 bits per heavy atom. The van der Waals surface area contributed by atoms with Crippen molar-refractivity contribution in [2.24, 2.45) is 10.1 Å². The third-order valence-electron chi connectivity index (χ3n) is 4.26. The summed E-state index contributed by atoms with van der Waals surface area (Å²) >= 11 is 1.14. The Labute approximate surface area is 183 Å². The van der Waals surface area contributed by atoms with Crippen LogP contribution in [0.15, 0.2) is 52.4 Å². The zero-order chi connectivity index (χ0) is 22.6. The fourth-order valence-corrected chi connectivity index (χ4v) is 4.50. The van der Waals surface area contributed by atoms with Gasteiger partial charge in [0.05, 0.1) is 35.9 Å². The first-order valence-corrected chi connectivity index (χ1v) is 11.2. The Kier molecular flexibility index (Phi) is 6.60. The van der Waals surface area contributed by atoms with E-state index in [-0.39, 0.29) is 11.4 Å². The largest absolute Gasteiger partial charge is 0.493 e. The highest BCUT2D eigenvalue weighted by atomic mass is 32.2. The van der Waals surface area contributed by atoms with Gasteiger partial charge in [0.15, 0.2) is 16.3 Å². The standard InChI is InChI=1S/C21H19N3O5S2/c1-4-11-24-16-8-7-15(31(22,26)27)13-19(16)30-21(24)23-20(25)10-6-14-5-9-17(28-2)18(12-14)29-3/h1,5-10,12-13H,11H2,2-3H3,(H2,22,26,27)/b10-6-,23-21?. The topological polar surface area (TPSA) is 113 Å². The second-order valence-corrected chi connectivity index (χ2v) is 8.82. The molecule has 0 saturated heterocycles. The van der Waals surface area contributed by atoms with Gasteiger partial charge in [-0.1, -0.05) is 23.3 Å². The van der Waals surface area contributed by atoms with Gasteiger partial charge >= 0.3 is 0 Å². The smallest absolute Gasteiger partial charge is 0.272 e. The van der Waals surface area contributed by atoms with Gasteiger partial charge in [-0.05, 0) is 42.0 Å². The van der Waals surface area contributed by atoms with E-state index in [0.717, 1.165) is 16.9 Å². The fourth-order valence-electron chi connectivity index (χ4n) is 2.82. The Hall–Kier alpha value is -3.39. The predicted molar refractivity (Wildman–Crippen MR) is 119 cm³/mol. The molecule has 160 valence electrons. The fraction of sp³-hybridized carbons (Fsp3) is 0.143. The third-order valence-corrected chi connectivity index (χ3v) is 6.22. The number of carbonyl (C=O) groups excluding carboxylic acids is 1. The lowest BCUT2D eigenvalue weighted by Gasteiger charge is -2.07. The molecule has 0 radical (unpaired) electrons. The van der Waals surface area contributed by atoms with E-state index in [1.165, 1.54) is 32.4 Å². The number of fused-ring (bicyclic) bond motifs is 1. The van der Waals surface area contributed by atoms with E-state index >= 15 is 0 Å². The van der Waals surface area contributed by atoms with E-state index in [9.17, 15) is 13.2 Å². The Morgan fingerprint density at radius 2 is 1.97 bits per heavy atom. The molecule has 31 heavy (non-hydrogen) atoms. The van der Waals surface area contributed by atoms with Crippen LogP contribution in [0.2, 0.25) is 0 Å². The molecule has 3 aromatic rings. The van der Waals surface area contributed by atoms with Crippen LogP contribution in [0.4, 0.5) is 0 Å². The van der Waals surface area contributed by atoms with Crippen LogP contribution in [-0.2, 0) is 21.4 Å². The zero-order valence-electron chi connectivity index (χ0n) is 16.7. The van der Waals surface area contributed by atoms with Crippen molar-refractivity contribution in [3.05, 3.63) is 52.8 Å². The molecule has 2 aromatic carbocycles. The number of ether oxygens (including phenoxy) is 2. The number of nitrogens with two attached hydrogens (primary N) is 1. The summed E-state index contributed by atoms with van der Waals surface area (Å²) < 4.78 is 35.9. The minimum absolute atomic E-state index is 0.0275. The number of amides is 1. The highest BCUT2D eigenvalue weighted by Gasteiger charge is 2.12. The molecule has 0 spiro atoms. The number of primary sulfonamides is 1. The molecule has 0 atom stereocenters. The van der Waals surface area contributed by atoms with E-state index in [1.54, 1.807) is 34.9 Å². The lowest BCUT2D eigenvalue weighted by molar-refractivity contribution is -0.113. The molecule has 0 saturated carbocycles. The minimum atomic E-state index is -3.85.